The van der Waals surface area contributed by atoms with Crippen LogP contribution in [0.3, 0.4) is 0 Å². The van der Waals surface area contributed by atoms with Crippen molar-refractivity contribution in [1.29, 1.82) is 0 Å². The van der Waals surface area contributed by atoms with E-state index in [1.54, 1.807) is 0 Å². The van der Waals surface area contributed by atoms with Crippen molar-refractivity contribution in [3.05, 3.63) is 29.1 Å². The van der Waals surface area contributed by atoms with Gasteiger partial charge in [0.25, 0.3) is 6.47 Å². The van der Waals surface area contributed by atoms with Gasteiger partial charge in [0.15, 0.2) is 18.6 Å². The second-order valence-electron chi connectivity index (χ2n) is 9.10. The van der Waals surface area contributed by atoms with Crippen molar-refractivity contribution in [2.75, 3.05) is 0 Å². The molecule has 11 N–H and O–H groups in total. The lowest BCUT2D eigenvalue weighted by Crippen LogP contribution is -2.37. The van der Waals surface area contributed by atoms with Crippen LogP contribution in [0.15, 0.2) is 12.4 Å². The third kappa shape index (κ3) is 12.1. The first-order valence-corrected chi connectivity index (χ1v) is 12.3. The average molecular weight is 527 g/mol. The molecule has 0 aliphatic rings. The first-order chi connectivity index (χ1) is 17.5. The number of carboxylic acids is 3. The van der Waals surface area contributed by atoms with Crippen molar-refractivity contribution < 1.29 is 43.8 Å². The predicted octanol–water partition coefficient (Wildman–Crippen LogP) is -0.974. The third-order valence-electron chi connectivity index (χ3n) is 6.15. The standard InChI is InChI=1S/C24H39N5O8/c25-18(22(31)32)5-3-4-17-15(7-9-19(26)23(33)34)12-29(11-2-1-6-21(28)37-14-30)13-16(17)8-10-20(27)24(35)36/h12-14,18-21H,1-11,25-28H2,(H2-,31,32,33,34,35,36)/p+1. The van der Waals surface area contributed by atoms with Gasteiger partial charge in [-0.25, -0.2) is 4.57 Å². The number of carboxylic acid groups (broad SMARTS) is 3. The zero-order valence-corrected chi connectivity index (χ0v) is 21.0. The summed E-state index contributed by atoms with van der Waals surface area (Å²) in [5, 5.41) is 27.5. The van der Waals surface area contributed by atoms with Gasteiger partial charge >= 0.3 is 17.9 Å². The summed E-state index contributed by atoms with van der Waals surface area (Å²) >= 11 is 0. The fraction of sp³-hybridized carbons (Fsp3) is 0.625. The minimum Gasteiger partial charge on any atom is -0.480 e. The van der Waals surface area contributed by atoms with Crippen molar-refractivity contribution in [3.63, 3.8) is 0 Å². The molecule has 1 aromatic rings. The number of aromatic nitrogens is 1. The summed E-state index contributed by atoms with van der Waals surface area (Å²) in [7, 11) is 0. The molecule has 0 aromatic carbocycles. The molecule has 13 heteroatoms. The van der Waals surface area contributed by atoms with Gasteiger partial charge in [-0.3, -0.25) is 24.9 Å². The van der Waals surface area contributed by atoms with E-state index in [2.05, 4.69) is 4.74 Å². The number of aliphatic carboxylic acids is 3. The zero-order chi connectivity index (χ0) is 28.0. The van der Waals surface area contributed by atoms with Gasteiger partial charge in [0.1, 0.15) is 24.7 Å². The van der Waals surface area contributed by atoms with Crippen molar-refractivity contribution in [2.45, 2.75) is 95.1 Å². The number of aryl methyl sites for hydroxylation is 3. The molecule has 4 unspecified atom stereocenters. The topological polar surface area (TPSA) is 246 Å². The smallest absolute Gasteiger partial charge is 0.320 e. The SMILES string of the molecule is NC(CCCC[n+]1cc(CCC(N)C(=O)O)c(CCCC(N)C(=O)O)c(CCC(N)C(=O)O)c1)OC=O. The highest BCUT2D eigenvalue weighted by Gasteiger charge is 2.21. The maximum absolute atomic E-state index is 11.3. The largest absolute Gasteiger partial charge is 0.480 e. The molecule has 0 aliphatic carbocycles. The zero-order valence-electron chi connectivity index (χ0n) is 21.0. The number of unbranched alkanes of at least 4 members (excludes halogenated alkanes) is 1. The third-order valence-corrected chi connectivity index (χ3v) is 6.15. The summed E-state index contributed by atoms with van der Waals surface area (Å²) in [5.41, 5.74) is 25.4. The molecule has 0 saturated heterocycles. The Balaban J connectivity index is 3.21. The summed E-state index contributed by atoms with van der Waals surface area (Å²) in [5.74, 6) is -3.32. The van der Waals surface area contributed by atoms with Crippen LogP contribution in [0.4, 0.5) is 0 Å². The fourth-order valence-corrected chi connectivity index (χ4v) is 3.95. The second-order valence-corrected chi connectivity index (χ2v) is 9.10. The quantitative estimate of drug-likeness (QED) is 0.0469. The maximum atomic E-state index is 11.3. The van der Waals surface area contributed by atoms with E-state index in [0.29, 0.717) is 51.5 Å². The molecule has 1 rings (SSSR count). The van der Waals surface area contributed by atoms with Crippen LogP contribution in [0.1, 0.15) is 61.6 Å². The monoisotopic (exact) mass is 526 g/mol. The molecule has 0 radical (unpaired) electrons. The lowest BCUT2D eigenvalue weighted by atomic mass is 9.91. The van der Waals surface area contributed by atoms with E-state index in [-0.39, 0.29) is 19.3 Å². The van der Waals surface area contributed by atoms with Crippen LogP contribution in [0.25, 0.3) is 0 Å². The Hall–Kier alpha value is -3.13. The minimum absolute atomic E-state index is 0.187. The predicted molar refractivity (Wildman–Crippen MR) is 132 cm³/mol. The Bertz CT molecular complexity index is 868. The molecule has 0 bridgehead atoms. The molecule has 0 spiro atoms. The van der Waals surface area contributed by atoms with E-state index in [1.165, 1.54) is 0 Å². The normalized spacial score (nSPS) is 14.4. The van der Waals surface area contributed by atoms with Crippen molar-refractivity contribution in [1.82, 2.24) is 0 Å². The number of hydrogen-bond acceptors (Lipinski definition) is 9. The number of rotatable bonds is 20. The molecule has 4 atom stereocenters. The molecule has 13 nitrogen and oxygen atoms in total. The van der Waals surface area contributed by atoms with Crippen LogP contribution < -0.4 is 27.5 Å². The summed E-state index contributed by atoms with van der Waals surface area (Å²) < 4.78 is 6.64. The lowest BCUT2D eigenvalue weighted by Gasteiger charge is -2.17. The van der Waals surface area contributed by atoms with Crippen LogP contribution in [0.2, 0.25) is 0 Å². The van der Waals surface area contributed by atoms with E-state index >= 15 is 0 Å². The fourth-order valence-electron chi connectivity index (χ4n) is 3.95. The number of pyridine rings is 1. The molecule has 0 saturated carbocycles. The second kappa shape index (κ2) is 16.6. The molecule has 208 valence electrons. The van der Waals surface area contributed by atoms with Crippen molar-refractivity contribution in [2.24, 2.45) is 22.9 Å². The van der Waals surface area contributed by atoms with Crippen LogP contribution in [-0.4, -0.2) is 64.1 Å². The molecule has 0 amide bonds. The summed E-state index contributed by atoms with van der Waals surface area (Å²) in [6.45, 7) is 0.900. The number of ether oxygens (including phenoxy) is 1. The molecule has 0 fully saturated rings. The van der Waals surface area contributed by atoms with Crippen LogP contribution in [0.5, 0.6) is 0 Å². The van der Waals surface area contributed by atoms with Crippen LogP contribution in [0, 0.1) is 0 Å². The molecular formula is C24H40N5O8+. The van der Waals surface area contributed by atoms with E-state index in [0.717, 1.165) is 23.1 Å². The van der Waals surface area contributed by atoms with Gasteiger partial charge in [0.2, 0.25) is 0 Å². The van der Waals surface area contributed by atoms with Gasteiger partial charge in [-0.15, -0.1) is 0 Å². The summed E-state index contributed by atoms with van der Waals surface area (Å²) in [6.07, 6.45) is 7.34. The van der Waals surface area contributed by atoms with Crippen molar-refractivity contribution in [3.8, 4) is 0 Å². The van der Waals surface area contributed by atoms with Gasteiger partial charge in [0.05, 0.1) is 0 Å². The van der Waals surface area contributed by atoms with Gasteiger partial charge in [-0.2, -0.15) is 0 Å². The molecule has 1 aromatic heterocycles. The van der Waals surface area contributed by atoms with Gasteiger partial charge < -0.3 is 37.3 Å². The highest BCUT2D eigenvalue weighted by molar-refractivity contribution is 5.73. The van der Waals surface area contributed by atoms with E-state index in [1.807, 2.05) is 17.0 Å². The molecule has 37 heavy (non-hydrogen) atoms. The number of carbonyl (C=O) groups excluding carboxylic acids is 1. The number of carbonyl (C=O) groups is 4. The van der Waals surface area contributed by atoms with Gasteiger partial charge in [-0.1, -0.05) is 0 Å². The Kier molecular flexibility index (Phi) is 14.3. The van der Waals surface area contributed by atoms with Gasteiger partial charge in [0, 0.05) is 17.5 Å². The number of hydrogen-bond donors (Lipinski definition) is 7. The molecule has 0 aliphatic heterocycles. The highest BCUT2D eigenvalue weighted by atomic mass is 16.5. The Morgan fingerprint density at radius 2 is 1.24 bits per heavy atom. The minimum atomic E-state index is -1.11. The van der Waals surface area contributed by atoms with E-state index in [4.69, 9.17) is 28.0 Å². The highest BCUT2D eigenvalue weighted by Crippen LogP contribution is 2.21. The lowest BCUT2D eigenvalue weighted by molar-refractivity contribution is -0.698. The van der Waals surface area contributed by atoms with Crippen LogP contribution in [-0.2, 0) is 49.7 Å². The van der Waals surface area contributed by atoms with Crippen LogP contribution >= 0.6 is 0 Å². The first kappa shape index (κ1) is 31.9. The Morgan fingerprint density at radius 3 is 1.70 bits per heavy atom. The number of nitrogens with two attached hydrogens (primary N) is 4. The van der Waals surface area contributed by atoms with Crippen molar-refractivity contribution >= 4 is 24.4 Å². The van der Waals surface area contributed by atoms with Gasteiger partial charge in [-0.05, 0) is 63.4 Å². The molecular weight excluding hydrogens is 486 g/mol. The number of nitrogens with zero attached hydrogens (tertiary/aromatic N) is 1. The maximum Gasteiger partial charge on any atom is 0.320 e. The molecule has 1 heterocycles. The summed E-state index contributed by atoms with van der Waals surface area (Å²) in [6, 6.07) is -3.11. The Morgan fingerprint density at radius 1 is 0.757 bits per heavy atom. The Labute approximate surface area is 215 Å². The first-order valence-electron chi connectivity index (χ1n) is 12.3. The summed E-state index contributed by atoms with van der Waals surface area (Å²) in [4.78, 5) is 44.0. The van der Waals surface area contributed by atoms with E-state index < -0.39 is 42.3 Å². The average Bonchev–Trinajstić information content (AvgIpc) is 2.84. The van der Waals surface area contributed by atoms with E-state index in [9.17, 15) is 29.4 Å².